The first-order chi connectivity index (χ1) is 8.61. The van der Waals surface area contributed by atoms with Crippen LogP contribution in [0, 0.1) is 0 Å². The van der Waals surface area contributed by atoms with Gasteiger partial charge >= 0.3 is 0 Å². The number of rotatable bonds is 4. The molecular formula is C13H18BrN3O. The van der Waals surface area contributed by atoms with Gasteiger partial charge in [-0.3, -0.25) is 0 Å². The first kappa shape index (κ1) is 13.2. The molecule has 0 radical (unpaired) electrons. The van der Waals surface area contributed by atoms with Crippen molar-refractivity contribution in [1.29, 1.82) is 0 Å². The topological polar surface area (TPSA) is 50.9 Å². The van der Waals surface area contributed by atoms with E-state index in [1.807, 2.05) is 30.1 Å². The minimum Gasteiger partial charge on any atom is -0.496 e. The zero-order valence-corrected chi connectivity index (χ0v) is 12.3. The van der Waals surface area contributed by atoms with Gasteiger partial charge in [0.2, 0.25) is 0 Å². The number of benzene rings is 1. The summed E-state index contributed by atoms with van der Waals surface area (Å²) in [7, 11) is 3.66. The van der Waals surface area contributed by atoms with E-state index in [2.05, 4.69) is 20.9 Å². The van der Waals surface area contributed by atoms with Gasteiger partial charge in [-0.05, 0) is 31.0 Å². The van der Waals surface area contributed by atoms with Crippen LogP contribution in [0.15, 0.2) is 27.7 Å². The second kappa shape index (κ2) is 5.61. The number of aliphatic imine (C=N–C) groups is 1. The number of halogens is 1. The summed E-state index contributed by atoms with van der Waals surface area (Å²) in [6.07, 6.45) is 2.43. The second-order valence-electron chi connectivity index (χ2n) is 4.47. The summed E-state index contributed by atoms with van der Waals surface area (Å²) in [5.74, 6) is 1.43. The van der Waals surface area contributed by atoms with Gasteiger partial charge in [0.25, 0.3) is 0 Å². The fraction of sp³-hybridized carbons (Fsp3) is 0.462. The van der Waals surface area contributed by atoms with Crippen LogP contribution in [-0.2, 0) is 6.54 Å². The van der Waals surface area contributed by atoms with E-state index in [9.17, 15) is 0 Å². The molecular weight excluding hydrogens is 294 g/mol. The molecule has 0 atom stereocenters. The fourth-order valence-electron chi connectivity index (χ4n) is 1.80. The van der Waals surface area contributed by atoms with Crippen molar-refractivity contribution in [3.05, 3.63) is 28.2 Å². The minimum absolute atomic E-state index is 0.533. The van der Waals surface area contributed by atoms with Crippen LogP contribution >= 0.6 is 15.9 Å². The Bertz CT molecular complexity index is 458. The molecule has 0 amide bonds. The van der Waals surface area contributed by atoms with E-state index in [1.165, 1.54) is 12.8 Å². The lowest BCUT2D eigenvalue weighted by molar-refractivity contribution is 0.409. The van der Waals surface area contributed by atoms with Crippen LogP contribution in [0.4, 0.5) is 0 Å². The number of ether oxygens (including phenoxy) is 1. The van der Waals surface area contributed by atoms with E-state index in [0.29, 0.717) is 18.5 Å². The number of nitrogens with zero attached hydrogens (tertiary/aromatic N) is 2. The summed E-state index contributed by atoms with van der Waals surface area (Å²) in [6, 6.07) is 6.46. The monoisotopic (exact) mass is 311 g/mol. The maximum Gasteiger partial charge on any atom is 0.191 e. The van der Waals surface area contributed by atoms with E-state index >= 15 is 0 Å². The van der Waals surface area contributed by atoms with Crippen molar-refractivity contribution in [3.63, 3.8) is 0 Å². The van der Waals surface area contributed by atoms with Crippen LogP contribution in [0.25, 0.3) is 0 Å². The third kappa shape index (κ3) is 3.16. The van der Waals surface area contributed by atoms with Crippen molar-refractivity contribution < 1.29 is 4.74 Å². The van der Waals surface area contributed by atoms with Gasteiger partial charge in [0, 0.05) is 23.1 Å². The molecule has 2 rings (SSSR count). The van der Waals surface area contributed by atoms with Crippen LogP contribution in [0.1, 0.15) is 18.4 Å². The van der Waals surface area contributed by atoms with Gasteiger partial charge in [-0.25, -0.2) is 4.99 Å². The number of guanidine groups is 1. The minimum atomic E-state index is 0.533. The van der Waals surface area contributed by atoms with Crippen molar-refractivity contribution in [2.75, 3.05) is 14.2 Å². The molecule has 0 aromatic heterocycles. The van der Waals surface area contributed by atoms with Gasteiger partial charge in [0.05, 0.1) is 13.7 Å². The van der Waals surface area contributed by atoms with E-state index < -0.39 is 0 Å². The van der Waals surface area contributed by atoms with Crippen LogP contribution < -0.4 is 10.5 Å². The molecule has 5 heteroatoms. The first-order valence-electron chi connectivity index (χ1n) is 5.97. The Hall–Kier alpha value is -1.23. The Morgan fingerprint density at radius 2 is 2.28 bits per heavy atom. The molecule has 0 aliphatic heterocycles. The molecule has 0 bridgehead atoms. The summed E-state index contributed by atoms with van der Waals surface area (Å²) < 4.78 is 6.32. The molecule has 4 nitrogen and oxygen atoms in total. The van der Waals surface area contributed by atoms with Gasteiger partial charge in [-0.15, -0.1) is 0 Å². The molecule has 0 spiro atoms. The van der Waals surface area contributed by atoms with E-state index in [-0.39, 0.29) is 0 Å². The molecule has 1 aromatic rings. The van der Waals surface area contributed by atoms with Gasteiger partial charge in [0.15, 0.2) is 5.96 Å². The van der Waals surface area contributed by atoms with Gasteiger partial charge < -0.3 is 15.4 Å². The normalized spacial score (nSPS) is 15.6. The van der Waals surface area contributed by atoms with E-state index in [1.54, 1.807) is 7.11 Å². The molecule has 0 saturated heterocycles. The Morgan fingerprint density at radius 1 is 1.56 bits per heavy atom. The van der Waals surface area contributed by atoms with Crippen molar-refractivity contribution in [2.24, 2.45) is 10.7 Å². The highest BCUT2D eigenvalue weighted by molar-refractivity contribution is 9.10. The molecule has 1 aliphatic carbocycles. The van der Waals surface area contributed by atoms with Gasteiger partial charge in [-0.1, -0.05) is 15.9 Å². The Morgan fingerprint density at radius 3 is 2.89 bits per heavy atom. The summed E-state index contributed by atoms with van der Waals surface area (Å²) in [5.41, 5.74) is 6.99. The predicted octanol–water partition coefficient (Wildman–Crippen LogP) is 2.37. The highest BCUT2D eigenvalue weighted by atomic mass is 79.9. The standard InChI is InChI=1S/C13H18BrN3O/c1-17(11-4-5-11)13(15)16-8-9-7-10(14)3-6-12(9)18-2/h3,6-7,11H,4-5,8H2,1-2H3,(H2,15,16). The number of methoxy groups -OCH3 is 1. The molecule has 1 aliphatic rings. The predicted molar refractivity (Wildman–Crippen MR) is 76.8 cm³/mol. The third-order valence-electron chi connectivity index (χ3n) is 3.11. The van der Waals surface area contributed by atoms with E-state index in [4.69, 9.17) is 10.5 Å². The lowest BCUT2D eigenvalue weighted by Crippen LogP contribution is -2.35. The SMILES string of the molecule is COc1ccc(Br)cc1CN=C(N)N(C)C1CC1. The van der Waals surface area contributed by atoms with Crippen LogP contribution in [0.5, 0.6) is 5.75 Å². The first-order valence-corrected chi connectivity index (χ1v) is 6.76. The van der Waals surface area contributed by atoms with Crippen LogP contribution in [-0.4, -0.2) is 31.1 Å². The number of nitrogens with two attached hydrogens (primary N) is 1. The quantitative estimate of drug-likeness (QED) is 0.686. The molecule has 1 saturated carbocycles. The summed E-state index contributed by atoms with van der Waals surface area (Å²) >= 11 is 3.45. The molecule has 98 valence electrons. The Labute approximate surface area is 116 Å². The zero-order valence-electron chi connectivity index (χ0n) is 10.7. The number of hydrogen-bond donors (Lipinski definition) is 1. The lowest BCUT2D eigenvalue weighted by atomic mass is 10.2. The van der Waals surface area contributed by atoms with Crippen molar-refractivity contribution >= 4 is 21.9 Å². The zero-order chi connectivity index (χ0) is 13.1. The molecule has 18 heavy (non-hydrogen) atoms. The summed E-state index contributed by atoms with van der Waals surface area (Å²) in [5, 5.41) is 0. The Balaban J connectivity index is 2.08. The van der Waals surface area contributed by atoms with Crippen molar-refractivity contribution in [1.82, 2.24) is 4.90 Å². The lowest BCUT2D eigenvalue weighted by Gasteiger charge is -2.17. The molecule has 0 unspecified atom stereocenters. The average Bonchev–Trinajstić information content (AvgIpc) is 3.19. The van der Waals surface area contributed by atoms with Gasteiger partial charge in [0.1, 0.15) is 5.75 Å². The van der Waals surface area contributed by atoms with Gasteiger partial charge in [-0.2, -0.15) is 0 Å². The molecule has 0 heterocycles. The smallest absolute Gasteiger partial charge is 0.191 e. The highest BCUT2D eigenvalue weighted by Gasteiger charge is 2.27. The third-order valence-corrected chi connectivity index (χ3v) is 3.60. The van der Waals surface area contributed by atoms with Crippen molar-refractivity contribution in [2.45, 2.75) is 25.4 Å². The summed E-state index contributed by atoms with van der Waals surface area (Å²) in [4.78, 5) is 6.47. The number of hydrogen-bond acceptors (Lipinski definition) is 2. The maximum atomic E-state index is 5.96. The molecule has 1 fully saturated rings. The Kier molecular flexibility index (Phi) is 4.11. The summed E-state index contributed by atoms with van der Waals surface area (Å²) in [6.45, 7) is 0.533. The van der Waals surface area contributed by atoms with Crippen molar-refractivity contribution in [3.8, 4) is 5.75 Å². The maximum absolute atomic E-state index is 5.96. The van der Waals surface area contributed by atoms with Crippen LogP contribution in [0.3, 0.4) is 0 Å². The fourth-order valence-corrected chi connectivity index (χ4v) is 2.21. The van der Waals surface area contributed by atoms with E-state index in [0.717, 1.165) is 15.8 Å². The largest absolute Gasteiger partial charge is 0.496 e. The molecule has 1 aromatic carbocycles. The average molecular weight is 312 g/mol. The second-order valence-corrected chi connectivity index (χ2v) is 5.39. The molecule has 2 N–H and O–H groups in total. The highest BCUT2D eigenvalue weighted by Crippen LogP contribution is 2.26. The van der Waals surface area contributed by atoms with Crippen LogP contribution in [0.2, 0.25) is 0 Å².